The van der Waals surface area contributed by atoms with Crippen LogP contribution in [0, 0.1) is 0 Å². The molecule has 0 saturated carbocycles. The summed E-state index contributed by atoms with van der Waals surface area (Å²) in [7, 11) is 0. The minimum atomic E-state index is -4.45. The second kappa shape index (κ2) is 12.3. The molecule has 0 aliphatic carbocycles. The van der Waals surface area contributed by atoms with Crippen LogP contribution in [0.3, 0.4) is 0 Å². The van der Waals surface area contributed by atoms with E-state index in [1.54, 1.807) is 24.5 Å². The van der Waals surface area contributed by atoms with Gasteiger partial charge in [-0.25, -0.2) is 0 Å². The topological polar surface area (TPSA) is 57.7 Å². The van der Waals surface area contributed by atoms with Gasteiger partial charge in [0.25, 0.3) is 5.91 Å². The van der Waals surface area contributed by atoms with E-state index in [1.807, 2.05) is 38.1 Å². The number of rotatable bonds is 9. The Balaban J connectivity index is 1.44. The lowest BCUT2D eigenvalue weighted by Gasteiger charge is -2.36. The Hall–Kier alpha value is -3.59. The summed E-state index contributed by atoms with van der Waals surface area (Å²) >= 11 is 0. The van der Waals surface area contributed by atoms with E-state index in [1.165, 1.54) is 12.1 Å². The third-order valence-electron chi connectivity index (χ3n) is 6.49. The normalized spacial score (nSPS) is 14.4. The molecule has 1 aliphatic rings. The molecule has 0 atom stereocenters. The zero-order chi connectivity index (χ0) is 27.1. The molecule has 1 fully saturated rings. The van der Waals surface area contributed by atoms with E-state index < -0.39 is 11.7 Å². The number of ether oxygens (including phenoxy) is 1. The van der Waals surface area contributed by atoms with Crippen LogP contribution >= 0.6 is 0 Å². The molecule has 3 aromatic rings. The quantitative estimate of drug-likeness (QED) is 0.392. The van der Waals surface area contributed by atoms with E-state index in [0.29, 0.717) is 60.8 Å². The van der Waals surface area contributed by atoms with E-state index in [9.17, 15) is 18.0 Å². The number of benzene rings is 2. The predicted molar refractivity (Wildman–Crippen MR) is 142 cm³/mol. The van der Waals surface area contributed by atoms with Crippen molar-refractivity contribution in [2.45, 2.75) is 33.0 Å². The number of piperazine rings is 1. The van der Waals surface area contributed by atoms with E-state index in [4.69, 9.17) is 4.74 Å². The summed E-state index contributed by atoms with van der Waals surface area (Å²) in [5.41, 5.74) is 2.63. The number of carbonyl (C=O) groups is 1. The van der Waals surface area contributed by atoms with Crippen molar-refractivity contribution in [3.05, 3.63) is 77.6 Å². The molecule has 1 saturated heterocycles. The maximum absolute atomic E-state index is 13.7. The first-order valence-corrected chi connectivity index (χ1v) is 12.9. The van der Waals surface area contributed by atoms with Crippen LogP contribution in [0.2, 0.25) is 0 Å². The van der Waals surface area contributed by atoms with Crippen molar-refractivity contribution in [2.24, 2.45) is 0 Å². The fraction of sp³-hybridized carbons (Fsp3) is 0.379. The Bertz CT molecular complexity index is 1220. The van der Waals surface area contributed by atoms with E-state index in [2.05, 4.69) is 20.1 Å². The maximum Gasteiger partial charge on any atom is 0.416 e. The van der Waals surface area contributed by atoms with Gasteiger partial charge >= 0.3 is 6.18 Å². The van der Waals surface area contributed by atoms with Crippen molar-refractivity contribution < 1.29 is 22.7 Å². The summed E-state index contributed by atoms with van der Waals surface area (Å²) in [6, 6.07) is 13.5. The lowest BCUT2D eigenvalue weighted by atomic mass is 10.00. The number of nitrogens with one attached hydrogen (secondary N) is 1. The van der Waals surface area contributed by atoms with E-state index in [-0.39, 0.29) is 5.91 Å². The summed E-state index contributed by atoms with van der Waals surface area (Å²) in [5, 5.41) is 2.87. The molecule has 2 heterocycles. The van der Waals surface area contributed by atoms with Gasteiger partial charge < -0.3 is 15.0 Å². The monoisotopic (exact) mass is 526 g/mol. The molecule has 4 rings (SSSR count). The highest BCUT2D eigenvalue weighted by atomic mass is 19.4. The Labute approximate surface area is 221 Å². The average molecular weight is 527 g/mol. The molecule has 0 radical (unpaired) electrons. The molecule has 0 spiro atoms. The van der Waals surface area contributed by atoms with Crippen LogP contribution in [0.25, 0.3) is 11.1 Å². The van der Waals surface area contributed by atoms with Crippen LogP contribution in [0.1, 0.15) is 41.8 Å². The number of hydrogen-bond acceptors (Lipinski definition) is 5. The molecular weight excluding hydrogens is 493 g/mol. The Morgan fingerprint density at radius 1 is 0.974 bits per heavy atom. The zero-order valence-electron chi connectivity index (χ0n) is 21.7. The number of hydrogen-bond donors (Lipinski definition) is 1. The number of amides is 1. The number of nitrogens with zero attached hydrogens (tertiary/aromatic N) is 3. The molecule has 1 aromatic heterocycles. The van der Waals surface area contributed by atoms with Crippen LogP contribution in [0.4, 0.5) is 18.9 Å². The molecule has 38 heavy (non-hydrogen) atoms. The second-order valence-corrected chi connectivity index (χ2v) is 9.32. The minimum absolute atomic E-state index is 0.0796. The molecule has 202 valence electrons. The van der Waals surface area contributed by atoms with Gasteiger partial charge in [-0.1, -0.05) is 6.92 Å². The lowest BCUT2D eigenvalue weighted by Crippen LogP contribution is -2.46. The molecule has 9 heteroatoms. The van der Waals surface area contributed by atoms with Gasteiger partial charge in [-0.2, -0.15) is 13.2 Å². The van der Waals surface area contributed by atoms with Gasteiger partial charge in [0.05, 0.1) is 18.4 Å². The standard InChI is InChI=1S/C29H33F3N4O2/c1-3-9-34-28(37)22-5-7-26(8-6-22)36-12-10-35(11-13-36)20-21-14-23(16-25(15-21)29(30,31)32)24-17-27(38-4-2)19-33-18-24/h5-8,14-19H,3-4,9-13,20H2,1-2H3,(H,34,37). The predicted octanol–water partition coefficient (Wildman–Crippen LogP) is 5.63. The second-order valence-electron chi connectivity index (χ2n) is 9.32. The number of aromatic nitrogens is 1. The van der Waals surface area contributed by atoms with Gasteiger partial charge in [-0.15, -0.1) is 0 Å². The molecule has 2 aromatic carbocycles. The van der Waals surface area contributed by atoms with Crippen LogP contribution < -0.4 is 15.0 Å². The summed E-state index contributed by atoms with van der Waals surface area (Å²) in [5.74, 6) is 0.443. The highest BCUT2D eigenvalue weighted by molar-refractivity contribution is 5.94. The van der Waals surface area contributed by atoms with Crippen LogP contribution in [0.5, 0.6) is 5.75 Å². The van der Waals surface area contributed by atoms with Crippen molar-refractivity contribution in [1.82, 2.24) is 15.2 Å². The summed E-state index contributed by atoms with van der Waals surface area (Å²) in [4.78, 5) is 20.7. The molecule has 1 N–H and O–H groups in total. The average Bonchev–Trinajstić information content (AvgIpc) is 2.92. The number of halogens is 3. The third kappa shape index (κ3) is 7.04. The third-order valence-corrected chi connectivity index (χ3v) is 6.49. The van der Waals surface area contributed by atoms with Crippen molar-refractivity contribution >= 4 is 11.6 Å². The number of carbonyl (C=O) groups excluding carboxylic acids is 1. The van der Waals surface area contributed by atoms with Crippen molar-refractivity contribution in [1.29, 1.82) is 0 Å². The first-order chi connectivity index (χ1) is 18.3. The molecule has 6 nitrogen and oxygen atoms in total. The smallest absolute Gasteiger partial charge is 0.416 e. The maximum atomic E-state index is 13.7. The van der Waals surface area contributed by atoms with E-state index >= 15 is 0 Å². The fourth-order valence-electron chi connectivity index (χ4n) is 4.52. The summed E-state index contributed by atoms with van der Waals surface area (Å²) in [6.07, 6.45) is -0.461. The van der Waals surface area contributed by atoms with Crippen LogP contribution in [-0.2, 0) is 12.7 Å². The molecular formula is C29H33F3N4O2. The van der Waals surface area contributed by atoms with Crippen molar-refractivity contribution in [3.8, 4) is 16.9 Å². The SMILES string of the molecule is CCCNC(=O)c1ccc(N2CCN(Cc3cc(-c4cncc(OCC)c4)cc(C(F)(F)F)c3)CC2)cc1. The van der Waals surface area contributed by atoms with Crippen LogP contribution in [0.15, 0.2) is 60.9 Å². The Kier molecular flexibility index (Phi) is 8.89. The lowest BCUT2D eigenvalue weighted by molar-refractivity contribution is -0.137. The Morgan fingerprint density at radius 2 is 1.71 bits per heavy atom. The van der Waals surface area contributed by atoms with Crippen molar-refractivity contribution in [3.63, 3.8) is 0 Å². The van der Waals surface area contributed by atoms with Gasteiger partial charge in [0.15, 0.2) is 0 Å². The summed E-state index contributed by atoms with van der Waals surface area (Å²) in [6.45, 7) is 8.28. The Morgan fingerprint density at radius 3 is 2.37 bits per heavy atom. The molecule has 0 unspecified atom stereocenters. The van der Waals surface area contributed by atoms with Gasteiger partial charge in [0.1, 0.15) is 5.75 Å². The van der Waals surface area contributed by atoms with Crippen molar-refractivity contribution in [2.75, 3.05) is 44.2 Å². The minimum Gasteiger partial charge on any atom is -0.492 e. The summed E-state index contributed by atoms with van der Waals surface area (Å²) < 4.78 is 46.7. The van der Waals surface area contributed by atoms with E-state index in [0.717, 1.165) is 25.2 Å². The number of alkyl halides is 3. The molecule has 1 amide bonds. The van der Waals surface area contributed by atoms with Gasteiger partial charge in [0.2, 0.25) is 0 Å². The van der Waals surface area contributed by atoms with Gasteiger partial charge in [0, 0.05) is 62.3 Å². The first kappa shape index (κ1) is 27.4. The molecule has 1 aliphatic heterocycles. The number of anilines is 1. The highest BCUT2D eigenvalue weighted by Crippen LogP contribution is 2.34. The van der Waals surface area contributed by atoms with Gasteiger partial charge in [-0.3, -0.25) is 14.7 Å². The zero-order valence-corrected chi connectivity index (χ0v) is 21.7. The fourth-order valence-corrected chi connectivity index (χ4v) is 4.52. The van der Waals surface area contributed by atoms with Crippen LogP contribution in [-0.4, -0.2) is 55.1 Å². The number of pyridine rings is 1. The largest absolute Gasteiger partial charge is 0.492 e. The highest BCUT2D eigenvalue weighted by Gasteiger charge is 2.31. The first-order valence-electron chi connectivity index (χ1n) is 12.9. The molecule has 0 bridgehead atoms. The van der Waals surface area contributed by atoms with Gasteiger partial charge in [-0.05, 0) is 73.0 Å².